The molecule has 23 heavy (non-hydrogen) atoms. The zero-order valence-electron chi connectivity index (χ0n) is 14.5. The number of carbonyl (C=O) groups is 1. The number of nitrogens with zero attached hydrogens (tertiary/aromatic N) is 1. The van der Waals surface area contributed by atoms with Crippen LogP contribution in [0.5, 0.6) is 5.75 Å². The van der Waals surface area contributed by atoms with Crippen LogP contribution in [0.1, 0.15) is 19.4 Å². The minimum absolute atomic E-state index is 0.169. The Balaban J connectivity index is 2.42. The van der Waals surface area contributed by atoms with Crippen molar-refractivity contribution < 1.29 is 24.2 Å². The first-order valence-corrected chi connectivity index (χ1v) is 7.61. The highest BCUT2D eigenvalue weighted by molar-refractivity contribution is 5.77. The molecule has 0 aromatic heterocycles. The Kier molecular flexibility index (Phi) is 8.02. The standard InChI is InChI=1S/C17H27NO5/c1-12(16(19)13(2)17(20)18(3)22-5)10-23-11-14-6-8-15(21-4)9-7-14/h6-9,12-13,16,19H,10-11H2,1-5H3/t12-,13+,16-/m1/s1. The molecule has 0 bridgehead atoms. The van der Waals surface area contributed by atoms with E-state index in [0.717, 1.165) is 16.4 Å². The van der Waals surface area contributed by atoms with Crippen molar-refractivity contribution in [3.05, 3.63) is 29.8 Å². The second-order valence-corrected chi connectivity index (χ2v) is 5.64. The van der Waals surface area contributed by atoms with Crippen LogP contribution in [-0.2, 0) is 21.0 Å². The number of benzene rings is 1. The molecule has 0 saturated heterocycles. The zero-order chi connectivity index (χ0) is 17.4. The maximum absolute atomic E-state index is 12.0. The van der Waals surface area contributed by atoms with E-state index in [1.807, 2.05) is 31.2 Å². The number of hydrogen-bond acceptors (Lipinski definition) is 5. The molecule has 1 amide bonds. The maximum Gasteiger partial charge on any atom is 0.251 e. The van der Waals surface area contributed by atoms with E-state index in [-0.39, 0.29) is 11.8 Å². The SMILES string of the molecule is COc1ccc(COC[C@@H](C)[C@@H](O)[C@H](C)C(=O)N(C)OC)cc1. The highest BCUT2D eigenvalue weighted by atomic mass is 16.7. The van der Waals surface area contributed by atoms with Gasteiger partial charge < -0.3 is 14.6 Å². The van der Waals surface area contributed by atoms with Crippen LogP contribution >= 0.6 is 0 Å². The van der Waals surface area contributed by atoms with Gasteiger partial charge in [-0.25, -0.2) is 5.06 Å². The molecule has 3 atom stereocenters. The predicted octanol–water partition coefficient (Wildman–Crippen LogP) is 1.86. The Morgan fingerprint density at radius 3 is 2.35 bits per heavy atom. The van der Waals surface area contributed by atoms with Crippen LogP contribution in [0, 0.1) is 11.8 Å². The van der Waals surface area contributed by atoms with Crippen molar-refractivity contribution in [1.82, 2.24) is 5.06 Å². The second kappa shape index (κ2) is 9.50. The Bertz CT molecular complexity index is 476. The van der Waals surface area contributed by atoms with Gasteiger partial charge in [0.25, 0.3) is 5.91 Å². The van der Waals surface area contributed by atoms with Gasteiger partial charge in [0.15, 0.2) is 0 Å². The van der Waals surface area contributed by atoms with Crippen molar-refractivity contribution in [2.24, 2.45) is 11.8 Å². The highest BCUT2D eigenvalue weighted by Crippen LogP contribution is 2.17. The molecule has 0 fully saturated rings. The van der Waals surface area contributed by atoms with Crippen molar-refractivity contribution in [2.75, 3.05) is 27.9 Å². The highest BCUT2D eigenvalue weighted by Gasteiger charge is 2.29. The molecule has 0 aliphatic rings. The van der Waals surface area contributed by atoms with Crippen LogP contribution in [0.25, 0.3) is 0 Å². The van der Waals surface area contributed by atoms with Gasteiger partial charge in [-0.05, 0) is 17.7 Å². The number of hydroxylamine groups is 2. The summed E-state index contributed by atoms with van der Waals surface area (Å²) in [6.45, 7) is 4.35. The van der Waals surface area contributed by atoms with E-state index in [4.69, 9.17) is 14.3 Å². The number of hydrogen-bond donors (Lipinski definition) is 1. The first kappa shape index (κ1) is 19.4. The summed E-state index contributed by atoms with van der Waals surface area (Å²) in [5, 5.41) is 11.4. The molecule has 1 rings (SSSR count). The number of aliphatic hydroxyl groups excluding tert-OH is 1. The summed E-state index contributed by atoms with van der Waals surface area (Å²) in [5.41, 5.74) is 1.02. The Hall–Kier alpha value is -1.63. The van der Waals surface area contributed by atoms with Crippen LogP contribution in [-0.4, -0.2) is 50.1 Å². The summed E-state index contributed by atoms with van der Waals surface area (Å²) in [6, 6.07) is 7.61. The quantitative estimate of drug-likeness (QED) is 0.702. The van der Waals surface area contributed by atoms with Gasteiger partial charge in [0.05, 0.1) is 39.5 Å². The number of carbonyl (C=O) groups excluding carboxylic acids is 1. The van der Waals surface area contributed by atoms with E-state index in [1.165, 1.54) is 14.2 Å². The van der Waals surface area contributed by atoms with Crippen molar-refractivity contribution in [3.8, 4) is 5.75 Å². The molecule has 0 unspecified atom stereocenters. The topological polar surface area (TPSA) is 68.2 Å². The van der Waals surface area contributed by atoms with Crippen LogP contribution in [0.2, 0.25) is 0 Å². The second-order valence-electron chi connectivity index (χ2n) is 5.64. The lowest BCUT2D eigenvalue weighted by Crippen LogP contribution is -2.40. The Labute approximate surface area is 137 Å². The molecule has 1 aromatic carbocycles. The van der Waals surface area contributed by atoms with Gasteiger partial charge in [-0.3, -0.25) is 9.63 Å². The molecule has 6 nitrogen and oxygen atoms in total. The Morgan fingerprint density at radius 2 is 1.83 bits per heavy atom. The van der Waals surface area contributed by atoms with Gasteiger partial charge in [0.2, 0.25) is 0 Å². The fourth-order valence-corrected chi connectivity index (χ4v) is 2.20. The third-order valence-corrected chi connectivity index (χ3v) is 3.88. The van der Waals surface area contributed by atoms with Crippen LogP contribution in [0.15, 0.2) is 24.3 Å². The van der Waals surface area contributed by atoms with E-state index in [0.29, 0.717) is 13.2 Å². The molecule has 0 heterocycles. The van der Waals surface area contributed by atoms with E-state index in [9.17, 15) is 9.90 Å². The number of methoxy groups -OCH3 is 1. The zero-order valence-corrected chi connectivity index (χ0v) is 14.5. The average molecular weight is 325 g/mol. The van der Waals surface area contributed by atoms with E-state index < -0.39 is 12.0 Å². The minimum Gasteiger partial charge on any atom is -0.497 e. The van der Waals surface area contributed by atoms with E-state index in [2.05, 4.69) is 0 Å². The molecule has 1 N–H and O–H groups in total. The lowest BCUT2D eigenvalue weighted by Gasteiger charge is -2.26. The summed E-state index contributed by atoms with van der Waals surface area (Å²) in [5.74, 6) is -0.189. The maximum atomic E-state index is 12.0. The van der Waals surface area contributed by atoms with Gasteiger partial charge in [-0.2, -0.15) is 0 Å². The van der Waals surface area contributed by atoms with Crippen molar-refractivity contribution in [1.29, 1.82) is 0 Å². The molecule has 0 radical (unpaired) electrons. The molecule has 0 aliphatic carbocycles. The van der Waals surface area contributed by atoms with Gasteiger partial charge in [-0.15, -0.1) is 0 Å². The van der Waals surface area contributed by atoms with Gasteiger partial charge in [-0.1, -0.05) is 26.0 Å². The molecule has 0 spiro atoms. The monoisotopic (exact) mass is 325 g/mol. The molecular formula is C17H27NO5. The molecule has 1 aromatic rings. The van der Waals surface area contributed by atoms with Crippen LogP contribution in [0.3, 0.4) is 0 Å². The fourth-order valence-electron chi connectivity index (χ4n) is 2.20. The van der Waals surface area contributed by atoms with Crippen molar-refractivity contribution >= 4 is 5.91 Å². The molecule has 0 saturated carbocycles. The number of rotatable bonds is 9. The van der Waals surface area contributed by atoms with E-state index >= 15 is 0 Å². The van der Waals surface area contributed by atoms with Crippen molar-refractivity contribution in [2.45, 2.75) is 26.6 Å². The van der Waals surface area contributed by atoms with Gasteiger partial charge in [0, 0.05) is 13.0 Å². The number of amides is 1. The first-order chi connectivity index (χ1) is 10.9. The largest absolute Gasteiger partial charge is 0.497 e. The van der Waals surface area contributed by atoms with Crippen LogP contribution in [0.4, 0.5) is 0 Å². The summed E-state index contributed by atoms with van der Waals surface area (Å²) in [6.07, 6.45) is -0.795. The number of aliphatic hydroxyl groups is 1. The normalized spacial score (nSPS) is 14.9. The lowest BCUT2D eigenvalue weighted by atomic mass is 9.93. The third kappa shape index (κ3) is 5.82. The molecule has 6 heteroatoms. The Morgan fingerprint density at radius 1 is 1.22 bits per heavy atom. The first-order valence-electron chi connectivity index (χ1n) is 7.61. The fraction of sp³-hybridized carbons (Fsp3) is 0.588. The molecule has 0 aliphatic heterocycles. The summed E-state index contributed by atoms with van der Waals surface area (Å²) >= 11 is 0. The van der Waals surface area contributed by atoms with Crippen molar-refractivity contribution in [3.63, 3.8) is 0 Å². The summed E-state index contributed by atoms with van der Waals surface area (Å²) in [7, 11) is 4.56. The summed E-state index contributed by atoms with van der Waals surface area (Å²) < 4.78 is 10.7. The predicted molar refractivity (Wildman–Crippen MR) is 86.8 cm³/mol. The lowest BCUT2D eigenvalue weighted by molar-refractivity contribution is -0.177. The van der Waals surface area contributed by atoms with Gasteiger partial charge >= 0.3 is 0 Å². The molecule has 130 valence electrons. The van der Waals surface area contributed by atoms with Crippen LogP contribution < -0.4 is 4.74 Å². The van der Waals surface area contributed by atoms with E-state index in [1.54, 1.807) is 14.0 Å². The minimum atomic E-state index is -0.795. The average Bonchev–Trinajstić information content (AvgIpc) is 2.59. The smallest absolute Gasteiger partial charge is 0.251 e. The summed E-state index contributed by atoms with van der Waals surface area (Å²) in [4.78, 5) is 16.8. The third-order valence-electron chi connectivity index (χ3n) is 3.88. The number of ether oxygens (including phenoxy) is 2. The van der Waals surface area contributed by atoms with Gasteiger partial charge in [0.1, 0.15) is 5.75 Å². The molecular weight excluding hydrogens is 298 g/mol.